The van der Waals surface area contributed by atoms with Crippen molar-refractivity contribution in [3.63, 3.8) is 0 Å². The van der Waals surface area contributed by atoms with E-state index in [9.17, 15) is 4.79 Å². The SMILES string of the molecule is Nc1cc(Cl)ccc1C(N)C(=O)O. The van der Waals surface area contributed by atoms with Gasteiger partial charge in [0.05, 0.1) is 0 Å². The number of aliphatic carboxylic acids is 1. The summed E-state index contributed by atoms with van der Waals surface area (Å²) in [7, 11) is 0. The Balaban J connectivity index is 3.08. The molecule has 0 amide bonds. The van der Waals surface area contributed by atoms with Crippen LogP contribution in [0.4, 0.5) is 5.69 Å². The van der Waals surface area contributed by atoms with E-state index in [0.717, 1.165) is 0 Å². The summed E-state index contributed by atoms with van der Waals surface area (Å²) in [6.45, 7) is 0. The van der Waals surface area contributed by atoms with E-state index >= 15 is 0 Å². The molecule has 1 aromatic carbocycles. The Morgan fingerprint density at radius 1 is 1.54 bits per heavy atom. The molecule has 0 radical (unpaired) electrons. The van der Waals surface area contributed by atoms with Crippen molar-refractivity contribution < 1.29 is 9.90 Å². The number of carboxylic acids is 1. The van der Waals surface area contributed by atoms with E-state index in [-0.39, 0.29) is 0 Å². The Hall–Kier alpha value is -1.26. The van der Waals surface area contributed by atoms with Crippen molar-refractivity contribution in [3.05, 3.63) is 28.8 Å². The summed E-state index contributed by atoms with van der Waals surface area (Å²) in [5.41, 5.74) is 11.6. The second-order valence-electron chi connectivity index (χ2n) is 2.59. The molecule has 1 rings (SSSR count). The normalized spacial score (nSPS) is 12.5. The highest BCUT2D eigenvalue weighted by Gasteiger charge is 2.16. The second kappa shape index (κ2) is 3.64. The minimum absolute atomic E-state index is 0.294. The number of carbonyl (C=O) groups is 1. The first-order valence-electron chi connectivity index (χ1n) is 3.55. The maximum atomic E-state index is 10.5. The summed E-state index contributed by atoms with van der Waals surface area (Å²) >= 11 is 5.63. The smallest absolute Gasteiger partial charge is 0.325 e. The molecule has 0 bridgehead atoms. The van der Waals surface area contributed by atoms with Crippen LogP contribution in [0.15, 0.2) is 18.2 Å². The van der Waals surface area contributed by atoms with Gasteiger partial charge in [-0.25, -0.2) is 0 Å². The van der Waals surface area contributed by atoms with Crippen molar-refractivity contribution in [2.24, 2.45) is 5.73 Å². The van der Waals surface area contributed by atoms with E-state index < -0.39 is 12.0 Å². The Labute approximate surface area is 80.1 Å². The van der Waals surface area contributed by atoms with Crippen molar-refractivity contribution in [3.8, 4) is 0 Å². The first-order valence-corrected chi connectivity index (χ1v) is 3.93. The molecule has 0 aliphatic carbocycles. The molecule has 0 heterocycles. The molecule has 0 spiro atoms. The predicted molar refractivity (Wildman–Crippen MR) is 50.4 cm³/mol. The van der Waals surface area contributed by atoms with Gasteiger partial charge >= 0.3 is 5.97 Å². The number of hydrogen-bond acceptors (Lipinski definition) is 3. The highest BCUT2D eigenvalue weighted by molar-refractivity contribution is 6.30. The Morgan fingerprint density at radius 2 is 2.15 bits per heavy atom. The zero-order valence-corrected chi connectivity index (χ0v) is 7.45. The van der Waals surface area contributed by atoms with Gasteiger partial charge in [0.25, 0.3) is 0 Å². The van der Waals surface area contributed by atoms with Gasteiger partial charge in [-0.1, -0.05) is 17.7 Å². The zero-order chi connectivity index (χ0) is 10.0. The molecule has 1 aromatic rings. The number of nitrogens with two attached hydrogens (primary N) is 2. The van der Waals surface area contributed by atoms with E-state index in [4.69, 9.17) is 28.2 Å². The third kappa shape index (κ3) is 2.11. The molecule has 4 nitrogen and oxygen atoms in total. The Kier molecular flexibility index (Phi) is 2.75. The van der Waals surface area contributed by atoms with Gasteiger partial charge in [0.15, 0.2) is 0 Å². The summed E-state index contributed by atoms with van der Waals surface area (Å²) in [5.74, 6) is -1.12. The largest absolute Gasteiger partial charge is 0.480 e. The Bertz CT molecular complexity index is 341. The van der Waals surface area contributed by atoms with Gasteiger partial charge in [0.2, 0.25) is 0 Å². The van der Waals surface area contributed by atoms with Crippen LogP contribution in [0.2, 0.25) is 5.02 Å². The summed E-state index contributed by atoms with van der Waals surface area (Å²) in [5, 5.41) is 9.07. The summed E-state index contributed by atoms with van der Waals surface area (Å²) in [4.78, 5) is 10.5. The first kappa shape index (κ1) is 9.83. The lowest BCUT2D eigenvalue weighted by molar-refractivity contribution is -0.138. The van der Waals surface area contributed by atoms with Crippen LogP contribution in [0.1, 0.15) is 11.6 Å². The van der Waals surface area contributed by atoms with E-state index in [2.05, 4.69) is 0 Å². The van der Waals surface area contributed by atoms with Gasteiger partial charge in [0.1, 0.15) is 6.04 Å². The lowest BCUT2D eigenvalue weighted by Crippen LogP contribution is -2.21. The number of rotatable bonds is 2. The molecular formula is C8H9ClN2O2. The third-order valence-corrected chi connectivity index (χ3v) is 1.89. The van der Waals surface area contributed by atoms with Crippen molar-refractivity contribution in [1.29, 1.82) is 0 Å². The standard InChI is InChI=1S/C8H9ClN2O2/c9-4-1-2-5(6(10)3-4)7(11)8(12)13/h1-3,7H,10-11H2,(H,12,13). The van der Waals surface area contributed by atoms with E-state index in [0.29, 0.717) is 16.3 Å². The topological polar surface area (TPSA) is 89.3 Å². The third-order valence-electron chi connectivity index (χ3n) is 1.65. The fraction of sp³-hybridized carbons (Fsp3) is 0.125. The van der Waals surface area contributed by atoms with Gasteiger partial charge in [-0.05, 0) is 12.1 Å². The van der Waals surface area contributed by atoms with Crippen LogP contribution in [0.5, 0.6) is 0 Å². The summed E-state index contributed by atoms with van der Waals surface area (Å²) in [6, 6.07) is 3.43. The molecule has 0 saturated heterocycles. The molecule has 1 unspecified atom stereocenters. The molecule has 5 heteroatoms. The second-order valence-corrected chi connectivity index (χ2v) is 3.03. The van der Waals surface area contributed by atoms with Crippen molar-refractivity contribution >= 4 is 23.3 Å². The highest BCUT2D eigenvalue weighted by atomic mass is 35.5. The quantitative estimate of drug-likeness (QED) is 0.622. The molecule has 1 atom stereocenters. The maximum Gasteiger partial charge on any atom is 0.325 e. The number of carboxylic acid groups (broad SMARTS) is 1. The fourth-order valence-electron chi connectivity index (χ4n) is 0.962. The lowest BCUT2D eigenvalue weighted by Gasteiger charge is -2.09. The van der Waals surface area contributed by atoms with Crippen molar-refractivity contribution in [1.82, 2.24) is 0 Å². The monoisotopic (exact) mass is 200 g/mol. The van der Waals surface area contributed by atoms with E-state index in [1.165, 1.54) is 12.1 Å². The number of anilines is 1. The van der Waals surface area contributed by atoms with Gasteiger partial charge in [0, 0.05) is 16.3 Å². The van der Waals surface area contributed by atoms with Crippen LogP contribution >= 0.6 is 11.6 Å². The minimum atomic E-state index is -1.12. The fourth-order valence-corrected chi connectivity index (χ4v) is 1.14. The van der Waals surface area contributed by atoms with Gasteiger partial charge in [-0.3, -0.25) is 4.79 Å². The maximum absolute atomic E-state index is 10.5. The van der Waals surface area contributed by atoms with Crippen LogP contribution in [-0.4, -0.2) is 11.1 Å². The average molecular weight is 201 g/mol. The van der Waals surface area contributed by atoms with Crippen LogP contribution in [0.3, 0.4) is 0 Å². The van der Waals surface area contributed by atoms with E-state index in [1.807, 2.05) is 0 Å². The molecule has 70 valence electrons. The molecule has 0 aliphatic rings. The van der Waals surface area contributed by atoms with Crippen molar-refractivity contribution in [2.75, 3.05) is 5.73 Å². The Morgan fingerprint density at radius 3 is 2.62 bits per heavy atom. The van der Waals surface area contributed by atoms with Gasteiger partial charge in [-0.2, -0.15) is 0 Å². The highest BCUT2D eigenvalue weighted by Crippen LogP contribution is 2.22. The number of nitrogen functional groups attached to an aromatic ring is 1. The first-order chi connectivity index (χ1) is 6.02. The average Bonchev–Trinajstić information content (AvgIpc) is 2.03. The molecule has 0 saturated carbocycles. The van der Waals surface area contributed by atoms with Crippen LogP contribution in [0, 0.1) is 0 Å². The molecular weight excluding hydrogens is 192 g/mol. The summed E-state index contributed by atoms with van der Waals surface area (Å²) in [6.07, 6.45) is 0. The summed E-state index contributed by atoms with van der Waals surface area (Å²) < 4.78 is 0. The van der Waals surface area contributed by atoms with Crippen LogP contribution < -0.4 is 11.5 Å². The number of benzene rings is 1. The number of hydrogen-bond donors (Lipinski definition) is 3. The minimum Gasteiger partial charge on any atom is -0.480 e. The number of halogens is 1. The van der Waals surface area contributed by atoms with E-state index in [1.54, 1.807) is 6.07 Å². The lowest BCUT2D eigenvalue weighted by atomic mass is 10.1. The molecule has 0 fully saturated rings. The van der Waals surface area contributed by atoms with Crippen molar-refractivity contribution in [2.45, 2.75) is 6.04 Å². The zero-order valence-electron chi connectivity index (χ0n) is 6.70. The van der Waals surface area contributed by atoms with Gasteiger partial charge < -0.3 is 16.6 Å². The molecule has 0 aromatic heterocycles. The van der Waals surface area contributed by atoms with Gasteiger partial charge in [-0.15, -0.1) is 0 Å². The predicted octanol–water partition coefficient (Wildman–Crippen LogP) is 1.01. The molecule has 13 heavy (non-hydrogen) atoms. The van der Waals surface area contributed by atoms with Crippen LogP contribution in [0.25, 0.3) is 0 Å². The molecule has 0 aliphatic heterocycles. The van der Waals surface area contributed by atoms with Crippen LogP contribution in [-0.2, 0) is 4.79 Å². The molecule has 5 N–H and O–H groups in total.